The third-order valence-electron chi connectivity index (χ3n) is 4.06. The molecule has 1 N–H and O–H groups in total. The van der Waals surface area contributed by atoms with Gasteiger partial charge in [0.2, 0.25) is 0 Å². The number of hydrogen-bond donors (Lipinski definition) is 1. The predicted octanol–water partition coefficient (Wildman–Crippen LogP) is 4.19. The first-order valence-corrected chi connectivity index (χ1v) is 7.12. The molecule has 0 aromatic heterocycles. The van der Waals surface area contributed by atoms with E-state index in [1.165, 1.54) is 18.9 Å². The van der Waals surface area contributed by atoms with Crippen LogP contribution in [0.2, 0.25) is 5.02 Å². The van der Waals surface area contributed by atoms with E-state index in [-0.39, 0.29) is 11.2 Å². The molecule has 1 aliphatic carbocycles. The number of hydrogen-bond acceptors (Lipinski definition) is 1. The van der Waals surface area contributed by atoms with E-state index in [9.17, 15) is 4.39 Å². The molecule has 1 unspecified atom stereocenters. The number of rotatable bonds is 6. The van der Waals surface area contributed by atoms with E-state index in [1.54, 1.807) is 12.1 Å². The molecule has 0 amide bonds. The van der Waals surface area contributed by atoms with E-state index in [2.05, 4.69) is 19.2 Å². The fourth-order valence-corrected chi connectivity index (χ4v) is 2.75. The first kappa shape index (κ1) is 13.8. The van der Waals surface area contributed by atoms with Crippen molar-refractivity contribution < 1.29 is 4.39 Å². The molecule has 0 heterocycles. The molecule has 0 radical (unpaired) electrons. The monoisotopic (exact) mass is 269 g/mol. The fourth-order valence-electron chi connectivity index (χ4n) is 2.56. The average Bonchev–Trinajstić information content (AvgIpc) is 3.12. The summed E-state index contributed by atoms with van der Waals surface area (Å²) in [4.78, 5) is 0. The molecule has 3 heteroatoms. The van der Waals surface area contributed by atoms with Crippen molar-refractivity contribution in [2.75, 3.05) is 6.54 Å². The van der Waals surface area contributed by atoms with E-state index >= 15 is 0 Å². The van der Waals surface area contributed by atoms with Crippen LogP contribution in [0.4, 0.5) is 4.39 Å². The Kier molecular flexibility index (Phi) is 4.29. The summed E-state index contributed by atoms with van der Waals surface area (Å²) in [5.74, 6) is -0.131. The lowest BCUT2D eigenvalue weighted by Gasteiger charge is -2.25. The summed E-state index contributed by atoms with van der Waals surface area (Å²) in [6.45, 7) is 5.40. The van der Waals surface area contributed by atoms with Gasteiger partial charge in [-0.2, -0.15) is 0 Å². The largest absolute Gasteiger partial charge is 0.314 e. The maximum atomic E-state index is 13.8. The van der Waals surface area contributed by atoms with Crippen LogP contribution in [0.25, 0.3) is 0 Å². The summed E-state index contributed by atoms with van der Waals surface area (Å²) in [5.41, 5.74) is 0.992. The minimum atomic E-state index is -0.131. The summed E-state index contributed by atoms with van der Waals surface area (Å²) < 4.78 is 13.8. The molecule has 0 bridgehead atoms. The van der Waals surface area contributed by atoms with Gasteiger partial charge in [-0.3, -0.25) is 0 Å². The van der Waals surface area contributed by atoms with Crippen LogP contribution in [0.5, 0.6) is 0 Å². The van der Waals surface area contributed by atoms with Crippen LogP contribution in [0.15, 0.2) is 18.2 Å². The lowest BCUT2D eigenvalue weighted by Crippen LogP contribution is -2.36. The Labute approximate surface area is 114 Å². The molecule has 1 fully saturated rings. The van der Waals surface area contributed by atoms with Gasteiger partial charge in [-0.05, 0) is 68.3 Å². The summed E-state index contributed by atoms with van der Waals surface area (Å²) in [6, 6.07) is 5.29. The first-order chi connectivity index (χ1) is 8.57. The molecule has 1 aliphatic rings. The molecule has 1 atom stereocenters. The Bertz CT molecular complexity index is 415. The second-order valence-electron chi connectivity index (χ2n) is 5.45. The lowest BCUT2D eigenvalue weighted by atomic mass is 9.89. The quantitative estimate of drug-likeness (QED) is 0.817. The molecule has 0 saturated heterocycles. The minimum absolute atomic E-state index is 0.131. The lowest BCUT2D eigenvalue weighted by molar-refractivity contribution is 0.346. The van der Waals surface area contributed by atoms with Gasteiger partial charge in [0, 0.05) is 11.1 Å². The fraction of sp³-hybridized carbons (Fsp3) is 0.600. The minimum Gasteiger partial charge on any atom is -0.314 e. The molecule has 100 valence electrons. The zero-order valence-corrected chi connectivity index (χ0v) is 11.9. The van der Waals surface area contributed by atoms with Gasteiger partial charge in [0.05, 0.1) is 0 Å². The van der Waals surface area contributed by atoms with Crippen molar-refractivity contribution in [2.24, 2.45) is 5.41 Å². The van der Waals surface area contributed by atoms with E-state index < -0.39 is 0 Å². The zero-order chi connectivity index (χ0) is 13.2. The SMILES string of the molecule is CCCNC(C)C1(Cc2cc(Cl)ccc2F)CC1. The molecule has 1 aromatic rings. The Morgan fingerprint density at radius 2 is 2.17 bits per heavy atom. The normalized spacial score (nSPS) is 18.7. The van der Waals surface area contributed by atoms with Crippen LogP contribution in [-0.2, 0) is 6.42 Å². The van der Waals surface area contributed by atoms with Crippen LogP contribution < -0.4 is 5.32 Å². The smallest absolute Gasteiger partial charge is 0.126 e. The maximum absolute atomic E-state index is 13.8. The predicted molar refractivity (Wildman–Crippen MR) is 74.5 cm³/mol. The molecule has 1 aromatic carbocycles. The number of benzene rings is 1. The zero-order valence-electron chi connectivity index (χ0n) is 11.1. The van der Waals surface area contributed by atoms with Gasteiger partial charge >= 0.3 is 0 Å². The van der Waals surface area contributed by atoms with Crippen LogP contribution >= 0.6 is 11.6 Å². The van der Waals surface area contributed by atoms with E-state index in [0.717, 1.165) is 24.9 Å². The van der Waals surface area contributed by atoms with Crippen LogP contribution in [0, 0.1) is 11.2 Å². The van der Waals surface area contributed by atoms with Crippen molar-refractivity contribution in [3.63, 3.8) is 0 Å². The topological polar surface area (TPSA) is 12.0 Å². The van der Waals surface area contributed by atoms with Crippen molar-refractivity contribution in [2.45, 2.75) is 45.6 Å². The van der Waals surface area contributed by atoms with Gasteiger partial charge in [-0.25, -0.2) is 4.39 Å². The molecule has 0 spiro atoms. The van der Waals surface area contributed by atoms with Crippen molar-refractivity contribution >= 4 is 11.6 Å². The van der Waals surface area contributed by atoms with E-state index in [1.807, 2.05) is 0 Å². The van der Waals surface area contributed by atoms with Gasteiger partial charge in [-0.1, -0.05) is 18.5 Å². The highest BCUT2D eigenvalue weighted by atomic mass is 35.5. The van der Waals surface area contributed by atoms with E-state index in [4.69, 9.17) is 11.6 Å². The second-order valence-corrected chi connectivity index (χ2v) is 5.89. The van der Waals surface area contributed by atoms with E-state index in [0.29, 0.717) is 11.1 Å². The van der Waals surface area contributed by atoms with Gasteiger partial charge < -0.3 is 5.32 Å². The number of nitrogens with one attached hydrogen (secondary N) is 1. The van der Waals surface area contributed by atoms with Crippen molar-refractivity contribution in [1.29, 1.82) is 0 Å². The standard InChI is InChI=1S/C15H21ClFN/c1-3-8-18-11(2)15(6-7-15)10-12-9-13(16)4-5-14(12)17/h4-5,9,11,18H,3,6-8,10H2,1-2H3. The Balaban J connectivity index is 2.06. The summed E-state index contributed by atoms with van der Waals surface area (Å²) in [5, 5.41) is 4.16. The molecule has 1 nitrogen and oxygen atoms in total. The van der Waals surface area contributed by atoms with Crippen molar-refractivity contribution in [3.8, 4) is 0 Å². The molecule has 1 saturated carbocycles. The summed E-state index contributed by atoms with van der Waals surface area (Å²) in [6.07, 6.45) is 4.27. The first-order valence-electron chi connectivity index (χ1n) is 6.75. The number of halogens is 2. The third-order valence-corrected chi connectivity index (χ3v) is 4.30. The van der Waals surface area contributed by atoms with Gasteiger partial charge in [-0.15, -0.1) is 0 Å². The molecular weight excluding hydrogens is 249 g/mol. The highest BCUT2D eigenvalue weighted by Gasteiger charge is 2.47. The van der Waals surface area contributed by atoms with Crippen molar-refractivity contribution in [1.82, 2.24) is 5.32 Å². The average molecular weight is 270 g/mol. The van der Waals surface area contributed by atoms with Crippen LogP contribution in [0.1, 0.15) is 38.7 Å². The van der Waals surface area contributed by atoms with Crippen LogP contribution in [-0.4, -0.2) is 12.6 Å². The molecular formula is C15H21ClFN. The maximum Gasteiger partial charge on any atom is 0.126 e. The summed E-state index contributed by atoms with van der Waals surface area (Å²) in [7, 11) is 0. The van der Waals surface area contributed by atoms with Crippen LogP contribution in [0.3, 0.4) is 0 Å². The Morgan fingerprint density at radius 1 is 1.44 bits per heavy atom. The molecule has 2 rings (SSSR count). The van der Waals surface area contributed by atoms with Crippen molar-refractivity contribution in [3.05, 3.63) is 34.6 Å². The molecule has 0 aliphatic heterocycles. The van der Waals surface area contributed by atoms with Gasteiger partial charge in [0.1, 0.15) is 5.82 Å². The third kappa shape index (κ3) is 3.04. The Hall–Kier alpha value is -0.600. The summed E-state index contributed by atoms with van der Waals surface area (Å²) >= 11 is 5.95. The second kappa shape index (κ2) is 5.58. The van der Waals surface area contributed by atoms with Gasteiger partial charge in [0.15, 0.2) is 0 Å². The highest BCUT2D eigenvalue weighted by Crippen LogP contribution is 2.51. The Morgan fingerprint density at radius 3 is 2.78 bits per heavy atom. The van der Waals surface area contributed by atoms with Gasteiger partial charge in [0.25, 0.3) is 0 Å². The highest BCUT2D eigenvalue weighted by molar-refractivity contribution is 6.30. The molecule has 18 heavy (non-hydrogen) atoms.